The molecule has 0 bridgehead atoms. The Balaban J connectivity index is 4.14. The van der Waals surface area contributed by atoms with Crippen LogP contribution in [0, 0.1) is 0 Å². The van der Waals surface area contributed by atoms with Crippen LogP contribution in [0.1, 0.15) is 40.0 Å². The molecule has 0 spiro atoms. The van der Waals surface area contributed by atoms with Crippen LogP contribution in [-0.2, 0) is 14.3 Å². The van der Waals surface area contributed by atoms with Gasteiger partial charge in [0.25, 0.3) is 0 Å². The van der Waals surface area contributed by atoms with Crippen molar-refractivity contribution in [3.8, 4) is 0 Å². The van der Waals surface area contributed by atoms with E-state index >= 15 is 0 Å². The predicted molar refractivity (Wildman–Crippen MR) is 59.2 cm³/mol. The summed E-state index contributed by atoms with van der Waals surface area (Å²) in [5, 5.41) is 0. The zero-order chi connectivity index (χ0) is 11.8. The molecule has 0 aromatic carbocycles. The highest BCUT2D eigenvalue weighted by atomic mass is 16.6. The standard InChI is InChI=1S/C12H18O3/c1-5-7-8-10(4)12(14)15-11(13)9(3)6-2/h6H,4-5,7-8H2,1-3H3. The molecule has 0 radical (unpaired) electrons. The molecule has 0 rings (SSSR count). The van der Waals surface area contributed by atoms with Gasteiger partial charge in [-0.25, -0.2) is 9.59 Å². The van der Waals surface area contributed by atoms with Gasteiger partial charge in [-0.15, -0.1) is 0 Å². The van der Waals surface area contributed by atoms with E-state index in [-0.39, 0.29) is 0 Å². The number of rotatable bonds is 5. The normalized spacial score (nSPS) is 11.0. The predicted octanol–water partition coefficient (Wildman–Crippen LogP) is 2.77. The molecule has 0 amide bonds. The van der Waals surface area contributed by atoms with Crippen molar-refractivity contribution < 1.29 is 14.3 Å². The number of hydrogen-bond acceptors (Lipinski definition) is 3. The Labute approximate surface area is 90.8 Å². The second kappa shape index (κ2) is 6.98. The van der Waals surface area contributed by atoms with Crippen molar-refractivity contribution in [3.63, 3.8) is 0 Å². The minimum absolute atomic E-state index is 0.356. The molecule has 0 saturated heterocycles. The lowest BCUT2D eigenvalue weighted by Crippen LogP contribution is -2.14. The van der Waals surface area contributed by atoms with Crippen molar-refractivity contribution in [1.82, 2.24) is 0 Å². The highest BCUT2D eigenvalue weighted by molar-refractivity contribution is 6.01. The van der Waals surface area contributed by atoms with Gasteiger partial charge in [-0.1, -0.05) is 26.0 Å². The van der Waals surface area contributed by atoms with E-state index in [1.165, 1.54) is 0 Å². The molecule has 3 nitrogen and oxygen atoms in total. The average molecular weight is 210 g/mol. The van der Waals surface area contributed by atoms with Crippen molar-refractivity contribution in [2.75, 3.05) is 0 Å². The molecule has 0 aliphatic rings. The van der Waals surface area contributed by atoms with E-state index in [0.717, 1.165) is 12.8 Å². The lowest BCUT2D eigenvalue weighted by molar-refractivity contribution is -0.154. The first-order valence-electron chi connectivity index (χ1n) is 5.10. The summed E-state index contributed by atoms with van der Waals surface area (Å²) in [6.45, 7) is 8.92. The summed E-state index contributed by atoms with van der Waals surface area (Å²) >= 11 is 0. The van der Waals surface area contributed by atoms with Crippen LogP contribution in [0.2, 0.25) is 0 Å². The van der Waals surface area contributed by atoms with Gasteiger partial charge in [0, 0.05) is 11.1 Å². The second-order valence-corrected chi connectivity index (χ2v) is 3.36. The molecule has 0 N–H and O–H groups in total. The second-order valence-electron chi connectivity index (χ2n) is 3.36. The molecule has 3 heteroatoms. The highest BCUT2D eigenvalue weighted by Crippen LogP contribution is 2.08. The first kappa shape index (κ1) is 13.6. The van der Waals surface area contributed by atoms with Crippen LogP contribution in [0.5, 0.6) is 0 Å². The lowest BCUT2D eigenvalue weighted by Gasteiger charge is -2.04. The van der Waals surface area contributed by atoms with Gasteiger partial charge in [0.15, 0.2) is 0 Å². The largest absolute Gasteiger partial charge is 0.386 e. The molecule has 0 aliphatic carbocycles. The van der Waals surface area contributed by atoms with Crippen LogP contribution in [0.4, 0.5) is 0 Å². The fourth-order valence-electron chi connectivity index (χ4n) is 0.847. The van der Waals surface area contributed by atoms with Crippen molar-refractivity contribution in [2.24, 2.45) is 0 Å². The van der Waals surface area contributed by atoms with E-state index in [0.29, 0.717) is 17.6 Å². The van der Waals surface area contributed by atoms with Gasteiger partial charge in [-0.2, -0.15) is 0 Å². The van der Waals surface area contributed by atoms with Gasteiger partial charge >= 0.3 is 11.9 Å². The lowest BCUT2D eigenvalue weighted by atomic mass is 10.1. The topological polar surface area (TPSA) is 43.4 Å². The molecule has 0 aliphatic heterocycles. The van der Waals surface area contributed by atoms with Gasteiger partial charge in [0.05, 0.1) is 0 Å². The Morgan fingerprint density at radius 2 is 1.93 bits per heavy atom. The zero-order valence-electron chi connectivity index (χ0n) is 9.63. The molecule has 0 fully saturated rings. The van der Waals surface area contributed by atoms with Crippen LogP contribution in [-0.4, -0.2) is 11.9 Å². The Morgan fingerprint density at radius 3 is 2.40 bits per heavy atom. The van der Waals surface area contributed by atoms with Crippen LogP contribution in [0.15, 0.2) is 23.8 Å². The molecule has 0 aromatic rings. The Kier molecular flexibility index (Phi) is 6.34. The molecular formula is C12H18O3. The number of esters is 2. The van der Waals surface area contributed by atoms with Crippen LogP contribution in [0.25, 0.3) is 0 Å². The van der Waals surface area contributed by atoms with Crippen molar-refractivity contribution >= 4 is 11.9 Å². The molecule has 0 saturated carbocycles. The van der Waals surface area contributed by atoms with Gasteiger partial charge in [-0.05, 0) is 26.7 Å². The number of allylic oxidation sites excluding steroid dienone is 1. The summed E-state index contributed by atoms with van der Waals surface area (Å²) in [5.74, 6) is -1.21. The van der Waals surface area contributed by atoms with E-state index in [9.17, 15) is 9.59 Å². The van der Waals surface area contributed by atoms with Crippen LogP contribution in [0.3, 0.4) is 0 Å². The van der Waals surface area contributed by atoms with Crippen LogP contribution >= 0.6 is 0 Å². The van der Waals surface area contributed by atoms with Gasteiger partial charge in [-0.3, -0.25) is 0 Å². The van der Waals surface area contributed by atoms with Crippen molar-refractivity contribution in [1.29, 1.82) is 0 Å². The van der Waals surface area contributed by atoms with E-state index in [4.69, 9.17) is 0 Å². The van der Waals surface area contributed by atoms with E-state index < -0.39 is 11.9 Å². The fourth-order valence-corrected chi connectivity index (χ4v) is 0.847. The highest BCUT2D eigenvalue weighted by Gasteiger charge is 2.14. The Hall–Kier alpha value is -1.38. The third-order valence-electron chi connectivity index (χ3n) is 2.06. The maximum Gasteiger partial charge on any atom is 0.341 e. The molecule has 0 aromatic heterocycles. The minimum atomic E-state index is -0.616. The minimum Gasteiger partial charge on any atom is -0.386 e. The number of unbranched alkanes of at least 4 members (excludes halogenated alkanes) is 1. The van der Waals surface area contributed by atoms with E-state index in [1.54, 1.807) is 19.9 Å². The maximum atomic E-state index is 11.3. The molecular weight excluding hydrogens is 192 g/mol. The fraction of sp³-hybridized carbons (Fsp3) is 0.500. The smallest absolute Gasteiger partial charge is 0.341 e. The molecule has 0 unspecified atom stereocenters. The van der Waals surface area contributed by atoms with E-state index in [2.05, 4.69) is 11.3 Å². The summed E-state index contributed by atoms with van der Waals surface area (Å²) in [4.78, 5) is 22.5. The molecule has 0 heterocycles. The average Bonchev–Trinajstić information content (AvgIpc) is 2.24. The quantitative estimate of drug-likeness (QED) is 0.398. The SMILES string of the molecule is C=C(CCCC)C(=O)OC(=O)C(C)=CC. The molecule has 84 valence electrons. The van der Waals surface area contributed by atoms with Crippen molar-refractivity contribution in [2.45, 2.75) is 40.0 Å². The Morgan fingerprint density at radius 1 is 1.33 bits per heavy atom. The Bertz CT molecular complexity index is 287. The molecule has 0 atom stereocenters. The van der Waals surface area contributed by atoms with Gasteiger partial charge < -0.3 is 4.74 Å². The van der Waals surface area contributed by atoms with Gasteiger partial charge in [0.1, 0.15) is 0 Å². The summed E-state index contributed by atoms with van der Waals surface area (Å²) in [6.07, 6.45) is 4.04. The first-order chi connectivity index (χ1) is 7.02. The van der Waals surface area contributed by atoms with Crippen molar-refractivity contribution in [3.05, 3.63) is 23.8 Å². The maximum absolute atomic E-state index is 11.3. The summed E-state index contributed by atoms with van der Waals surface area (Å²) < 4.78 is 4.62. The number of hydrogen-bond donors (Lipinski definition) is 0. The number of ether oxygens (including phenoxy) is 1. The summed E-state index contributed by atoms with van der Waals surface area (Å²) in [5.41, 5.74) is 0.778. The third kappa shape index (κ3) is 5.15. The zero-order valence-corrected chi connectivity index (χ0v) is 9.63. The molecule has 15 heavy (non-hydrogen) atoms. The number of carbonyl (C=O) groups excluding carboxylic acids is 2. The summed E-state index contributed by atoms with van der Waals surface area (Å²) in [7, 11) is 0. The first-order valence-corrected chi connectivity index (χ1v) is 5.10. The van der Waals surface area contributed by atoms with Gasteiger partial charge in [0.2, 0.25) is 0 Å². The van der Waals surface area contributed by atoms with E-state index in [1.807, 2.05) is 6.92 Å². The summed E-state index contributed by atoms with van der Waals surface area (Å²) in [6, 6.07) is 0. The monoisotopic (exact) mass is 210 g/mol. The third-order valence-corrected chi connectivity index (χ3v) is 2.06. The number of carbonyl (C=O) groups is 2. The van der Waals surface area contributed by atoms with Crippen LogP contribution < -0.4 is 0 Å².